The molecule has 82 valence electrons. The highest BCUT2D eigenvalue weighted by Gasteiger charge is 2.17. The van der Waals surface area contributed by atoms with E-state index in [-0.39, 0.29) is 15.6 Å². The van der Waals surface area contributed by atoms with E-state index in [9.17, 15) is 19.7 Å². The monoisotopic (exact) mass is 286 g/mol. The molecule has 2 rings (SSSR count). The van der Waals surface area contributed by atoms with Crippen LogP contribution in [0.1, 0.15) is 0 Å². The maximum Gasteiger partial charge on any atom is 0.390 e. The second-order valence-electron chi connectivity index (χ2n) is 2.86. The molecular weight excluding hydrogens is 284 g/mol. The zero-order valence-corrected chi connectivity index (χ0v) is 9.07. The maximum absolute atomic E-state index is 11.0. The first-order chi connectivity index (χ1) is 7.49. The van der Waals surface area contributed by atoms with Crippen LogP contribution < -0.4 is 11.1 Å². The van der Waals surface area contributed by atoms with Crippen molar-refractivity contribution in [3.05, 3.63) is 41.5 Å². The zero-order chi connectivity index (χ0) is 11.9. The lowest BCUT2D eigenvalue weighted by Crippen LogP contribution is -2.29. The summed E-state index contributed by atoms with van der Waals surface area (Å²) in [5.74, 6) is -0.530. The Labute approximate surface area is 94.6 Å². The number of nitrogens with zero attached hydrogens (tertiary/aromatic N) is 2. The number of pyridine rings is 1. The molecule has 0 aromatic carbocycles. The lowest BCUT2D eigenvalue weighted by Gasteiger charge is -1.98. The fourth-order valence-electron chi connectivity index (χ4n) is 1.20. The average molecular weight is 287 g/mol. The second kappa shape index (κ2) is 3.52. The molecule has 0 radical (unpaired) electrons. The van der Waals surface area contributed by atoms with E-state index in [1.165, 1.54) is 6.07 Å². The standard InChI is InChI=1S/C7H3BrN4O4/c8-3-1-2-4(5(10-3)12(15)16)11-7(14)6(13)9-2/h1H,(H,9,13)(H,11,14). The molecule has 0 fully saturated rings. The number of hydrogen-bond donors (Lipinski definition) is 2. The van der Waals surface area contributed by atoms with Crippen LogP contribution in [-0.2, 0) is 0 Å². The first-order valence-corrected chi connectivity index (χ1v) is 4.75. The van der Waals surface area contributed by atoms with Crippen LogP contribution in [0.2, 0.25) is 0 Å². The molecule has 16 heavy (non-hydrogen) atoms. The Morgan fingerprint density at radius 2 is 1.94 bits per heavy atom. The fraction of sp³-hybridized carbons (Fsp3) is 0. The molecule has 0 aliphatic heterocycles. The highest BCUT2D eigenvalue weighted by Crippen LogP contribution is 2.21. The van der Waals surface area contributed by atoms with Crippen LogP contribution >= 0.6 is 15.9 Å². The Hall–Kier alpha value is -2.03. The summed E-state index contributed by atoms with van der Waals surface area (Å²) in [5, 5.41) is 10.7. The Bertz CT molecular complexity index is 704. The lowest BCUT2D eigenvalue weighted by molar-refractivity contribution is -0.387. The first kappa shape index (κ1) is 10.5. The molecule has 0 saturated heterocycles. The molecule has 0 saturated carbocycles. The summed E-state index contributed by atoms with van der Waals surface area (Å²) >= 11 is 2.97. The topological polar surface area (TPSA) is 122 Å². The normalized spacial score (nSPS) is 10.6. The molecule has 0 unspecified atom stereocenters. The van der Waals surface area contributed by atoms with E-state index in [2.05, 4.69) is 30.9 Å². The number of rotatable bonds is 1. The molecule has 0 spiro atoms. The Balaban J connectivity index is 3.02. The smallest absolute Gasteiger partial charge is 0.358 e. The van der Waals surface area contributed by atoms with E-state index in [0.29, 0.717) is 0 Å². The number of H-pyrrole nitrogens is 2. The Morgan fingerprint density at radius 3 is 2.56 bits per heavy atom. The van der Waals surface area contributed by atoms with Gasteiger partial charge in [0.05, 0.1) is 5.52 Å². The van der Waals surface area contributed by atoms with E-state index in [1.807, 2.05) is 0 Å². The highest BCUT2D eigenvalue weighted by atomic mass is 79.9. The van der Waals surface area contributed by atoms with Crippen molar-refractivity contribution in [1.82, 2.24) is 15.0 Å². The van der Waals surface area contributed by atoms with Gasteiger partial charge < -0.3 is 20.1 Å². The summed E-state index contributed by atoms with van der Waals surface area (Å²) in [7, 11) is 0. The van der Waals surface area contributed by atoms with E-state index >= 15 is 0 Å². The third-order valence-corrected chi connectivity index (χ3v) is 2.24. The van der Waals surface area contributed by atoms with Gasteiger partial charge in [0, 0.05) is 22.0 Å². The number of hydrogen-bond acceptors (Lipinski definition) is 5. The summed E-state index contributed by atoms with van der Waals surface area (Å²) in [5.41, 5.74) is -1.81. The average Bonchev–Trinajstić information content (AvgIpc) is 2.19. The molecule has 0 bridgehead atoms. The number of nitrogens with one attached hydrogen (secondary N) is 2. The molecule has 2 aromatic rings. The van der Waals surface area contributed by atoms with Crippen molar-refractivity contribution in [1.29, 1.82) is 0 Å². The minimum absolute atomic E-state index is 0.113. The molecule has 2 N–H and O–H groups in total. The van der Waals surface area contributed by atoms with Crippen LogP contribution in [0.15, 0.2) is 20.3 Å². The summed E-state index contributed by atoms with van der Waals surface area (Å²) in [6.45, 7) is 0. The molecule has 9 heteroatoms. The quantitative estimate of drug-likeness (QED) is 0.337. The summed E-state index contributed by atoms with van der Waals surface area (Å²) < 4.78 is 0.189. The van der Waals surface area contributed by atoms with Gasteiger partial charge in [0.25, 0.3) is 0 Å². The van der Waals surface area contributed by atoms with Gasteiger partial charge in [0.2, 0.25) is 4.60 Å². The highest BCUT2D eigenvalue weighted by molar-refractivity contribution is 9.10. The van der Waals surface area contributed by atoms with E-state index in [1.54, 1.807) is 0 Å². The molecule has 8 nitrogen and oxygen atoms in total. The summed E-state index contributed by atoms with van der Waals surface area (Å²) in [4.78, 5) is 39.9. The molecule has 0 aliphatic carbocycles. The predicted octanol–water partition coefficient (Wildman–Crippen LogP) is 0.282. The van der Waals surface area contributed by atoms with E-state index in [4.69, 9.17) is 0 Å². The van der Waals surface area contributed by atoms with Crippen molar-refractivity contribution in [2.75, 3.05) is 0 Å². The molecule has 0 amide bonds. The van der Waals surface area contributed by atoms with Gasteiger partial charge in [-0.25, -0.2) is 0 Å². The van der Waals surface area contributed by atoms with Gasteiger partial charge in [-0.2, -0.15) is 0 Å². The Morgan fingerprint density at radius 1 is 1.31 bits per heavy atom. The molecular formula is C7H3BrN4O4. The minimum atomic E-state index is -0.959. The number of fused-ring (bicyclic) bond motifs is 1. The molecule has 0 aliphatic rings. The third-order valence-electron chi connectivity index (χ3n) is 1.83. The SMILES string of the molecule is O=c1[nH]c2cc(Br)nc([N+](=O)[O-])c2[nH]c1=O. The third kappa shape index (κ3) is 1.60. The van der Waals surface area contributed by atoms with Gasteiger partial charge in [-0.15, -0.1) is 0 Å². The molecule has 0 atom stereocenters. The van der Waals surface area contributed by atoms with Crippen LogP contribution in [0.5, 0.6) is 0 Å². The van der Waals surface area contributed by atoms with Crippen LogP contribution in [0.25, 0.3) is 11.0 Å². The van der Waals surface area contributed by atoms with Crippen LogP contribution in [-0.4, -0.2) is 19.9 Å². The minimum Gasteiger partial charge on any atom is -0.358 e. The summed E-state index contributed by atoms with van der Waals surface area (Å²) in [6, 6.07) is 1.36. The fourth-order valence-corrected chi connectivity index (χ4v) is 1.60. The van der Waals surface area contributed by atoms with E-state index in [0.717, 1.165) is 0 Å². The van der Waals surface area contributed by atoms with Gasteiger partial charge in [-0.1, -0.05) is 0 Å². The van der Waals surface area contributed by atoms with Crippen molar-refractivity contribution in [3.63, 3.8) is 0 Å². The largest absolute Gasteiger partial charge is 0.390 e. The van der Waals surface area contributed by atoms with Crippen LogP contribution in [0.3, 0.4) is 0 Å². The lowest BCUT2D eigenvalue weighted by atomic mass is 10.3. The number of aromatic amines is 2. The van der Waals surface area contributed by atoms with Crippen molar-refractivity contribution in [2.45, 2.75) is 0 Å². The van der Waals surface area contributed by atoms with Crippen LogP contribution in [0.4, 0.5) is 5.82 Å². The zero-order valence-electron chi connectivity index (χ0n) is 7.48. The van der Waals surface area contributed by atoms with Gasteiger partial charge >= 0.3 is 16.9 Å². The predicted molar refractivity (Wildman–Crippen MR) is 57.3 cm³/mol. The Kier molecular flexibility index (Phi) is 2.31. The molecule has 2 aromatic heterocycles. The maximum atomic E-state index is 11.0. The van der Waals surface area contributed by atoms with Gasteiger partial charge in [-0.3, -0.25) is 9.59 Å². The number of halogens is 1. The molecule has 2 heterocycles. The van der Waals surface area contributed by atoms with Gasteiger partial charge in [0.1, 0.15) is 0 Å². The van der Waals surface area contributed by atoms with Gasteiger partial charge in [0.15, 0.2) is 5.52 Å². The van der Waals surface area contributed by atoms with Crippen LogP contribution in [0, 0.1) is 10.1 Å². The second-order valence-corrected chi connectivity index (χ2v) is 3.67. The van der Waals surface area contributed by atoms with E-state index < -0.39 is 21.9 Å². The first-order valence-electron chi connectivity index (χ1n) is 3.96. The van der Waals surface area contributed by atoms with Crippen molar-refractivity contribution >= 4 is 32.8 Å². The summed E-state index contributed by atoms with van der Waals surface area (Å²) in [6.07, 6.45) is 0. The number of aromatic nitrogens is 3. The number of nitro groups is 1. The van der Waals surface area contributed by atoms with Crippen molar-refractivity contribution < 1.29 is 4.92 Å². The van der Waals surface area contributed by atoms with Gasteiger partial charge in [-0.05, 0) is 9.91 Å². The van der Waals surface area contributed by atoms with Crippen molar-refractivity contribution in [3.8, 4) is 0 Å². The van der Waals surface area contributed by atoms with Crippen molar-refractivity contribution in [2.24, 2.45) is 0 Å².